The van der Waals surface area contributed by atoms with E-state index in [1.54, 1.807) is 17.0 Å². The van der Waals surface area contributed by atoms with Gasteiger partial charge in [-0.05, 0) is 57.9 Å². The number of aromatic nitrogens is 1. The van der Waals surface area contributed by atoms with Crippen LogP contribution in [0.3, 0.4) is 0 Å². The number of carboxylic acids is 1. The molecule has 134 valence electrons. The third-order valence-corrected chi connectivity index (χ3v) is 4.48. The molecule has 0 spiro atoms. The summed E-state index contributed by atoms with van der Waals surface area (Å²) in [6.45, 7) is 6.93. The zero-order valence-corrected chi connectivity index (χ0v) is 14.9. The highest BCUT2D eigenvalue weighted by atomic mass is 16.6. The Morgan fingerprint density at radius 1 is 1.16 bits per heavy atom. The standard InChI is InChI=1S/C19H24N2O4/c1-19(2,3)25-18(24)20-9-7-15(8-10-20)21-11-6-13-12-14(17(22)23)4-5-16(13)21/h4-6,11-12,15H,7-10H2,1-3H3,(H,22,23). The third kappa shape index (κ3) is 3.78. The van der Waals surface area contributed by atoms with Crippen LogP contribution in [0.4, 0.5) is 4.79 Å². The smallest absolute Gasteiger partial charge is 0.410 e. The molecule has 1 aliphatic heterocycles. The average molecular weight is 344 g/mol. The first kappa shape index (κ1) is 17.3. The number of likely N-dealkylation sites (tertiary alicyclic amines) is 1. The minimum Gasteiger partial charge on any atom is -0.478 e. The second kappa shape index (κ2) is 6.43. The highest BCUT2D eigenvalue weighted by Gasteiger charge is 2.27. The number of fused-ring (bicyclic) bond motifs is 1. The van der Waals surface area contributed by atoms with Gasteiger partial charge in [-0.15, -0.1) is 0 Å². The van der Waals surface area contributed by atoms with E-state index in [1.165, 1.54) is 0 Å². The molecule has 1 amide bonds. The number of carbonyl (C=O) groups excluding carboxylic acids is 1. The van der Waals surface area contributed by atoms with Gasteiger partial charge in [0, 0.05) is 36.2 Å². The lowest BCUT2D eigenvalue weighted by Gasteiger charge is -2.34. The molecule has 1 aromatic heterocycles. The van der Waals surface area contributed by atoms with Gasteiger partial charge in [-0.1, -0.05) is 0 Å². The molecule has 1 aromatic carbocycles. The summed E-state index contributed by atoms with van der Waals surface area (Å²) >= 11 is 0. The van der Waals surface area contributed by atoms with Crippen molar-refractivity contribution in [2.45, 2.75) is 45.3 Å². The maximum Gasteiger partial charge on any atom is 0.410 e. The molecule has 0 aliphatic carbocycles. The van der Waals surface area contributed by atoms with Crippen LogP contribution in [0.1, 0.15) is 50.0 Å². The van der Waals surface area contributed by atoms with Crippen molar-refractivity contribution in [2.24, 2.45) is 0 Å². The molecule has 0 unspecified atom stereocenters. The van der Waals surface area contributed by atoms with Crippen LogP contribution in [-0.2, 0) is 4.74 Å². The Balaban J connectivity index is 1.70. The molecule has 1 fully saturated rings. The van der Waals surface area contributed by atoms with Crippen molar-refractivity contribution in [1.29, 1.82) is 0 Å². The lowest BCUT2D eigenvalue weighted by atomic mass is 10.0. The van der Waals surface area contributed by atoms with Gasteiger partial charge >= 0.3 is 12.1 Å². The number of aromatic carboxylic acids is 1. The Morgan fingerprint density at radius 2 is 1.84 bits per heavy atom. The first-order valence-corrected chi connectivity index (χ1v) is 8.56. The van der Waals surface area contributed by atoms with Crippen molar-refractivity contribution < 1.29 is 19.4 Å². The number of carboxylic acid groups (broad SMARTS) is 1. The largest absolute Gasteiger partial charge is 0.478 e. The van der Waals surface area contributed by atoms with Crippen molar-refractivity contribution in [3.63, 3.8) is 0 Å². The van der Waals surface area contributed by atoms with Gasteiger partial charge in [0.05, 0.1) is 5.56 Å². The van der Waals surface area contributed by atoms with Crippen LogP contribution < -0.4 is 0 Å². The van der Waals surface area contributed by atoms with Crippen LogP contribution in [0, 0.1) is 0 Å². The second-order valence-corrected chi connectivity index (χ2v) is 7.50. The molecular weight excluding hydrogens is 320 g/mol. The predicted octanol–water partition coefficient (Wildman–Crippen LogP) is 3.91. The van der Waals surface area contributed by atoms with E-state index in [0.29, 0.717) is 24.7 Å². The van der Waals surface area contributed by atoms with E-state index in [2.05, 4.69) is 4.57 Å². The second-order valence-electron chi connectivity index (χ2n) is 7.50. The number of benzene rings is 1. The molecule has 6 nitrogen and oxygen atoms in total. The SMILES string of the molecule is CC(C)(C)OC(=O)N1CCC(n2ccc3cc(C(=O)O)ccc32)CC1. The molecule has 0 bridgehead atoms. The van der Waals surface area contributed by atoms with Gasteiger partial charge in [0.15, 0.2) is 0 Å². The van der Waals surface area contributed by atoms with Crippen LogP contribution in [0.5, 0.6) is 0 Å². The number of ether oxygens (including phenoxy) is 1. The molecule has 3 rings (SSSR count). The summed E-state index contributed by atoms with van der Waals surface area (Å²) in [6, 6.07) is 7.44. The maximum atomic E-state index is 12.2. The molecule has 1 N–H and O–H groups in total. The highest BCUT2D eigenvalue weighted by Crippen LogP contribution is 2.29. The normalized spacial score (nSPS) is 16.2. The number of nitrogens with zero attached hydrogens (tertiary/aromatic N) is 2. The molecule has 6 heteroatoms. The van der Waals surface area contributed by atoms with Gasteiger partial charge < -0.3 is 19.3 Å². The summed E-state index contributed by atoms with van der Waals surface area (Å²) in [7, 11) is 0. The Kier molecular flexibility index (Phi) is 4.45. The maximum absolute atomic E-state index is 12.2. The zero-order chi connectivity index (χ0) is 18.2. The van der Waals surface area contributed by atoms with Gasteiger partial charge in [0.2, 0.25) is 0 Å². The van der Waals surface area contributed by atoms with Crippen molar-refractivity contribution >= 4 is 23.0 Å². The Morgan fingerprint density at radius 3 is 2.44 bits per heavy atom. The summed E-state index contributed by atoms with van der Waals surface area (Å²) < 4.78 is 7.62. The lowest BCUT2D eigenvalue weighted by molar-refractivity contribution is 0.0189. The minimum atomic E-state index is -0.916. The van der Waals surface area contributed by atoms with E-state index in [4.69, 9.17) is 9.84 Å². The summed E-state index contributed by atoms with van der Waals surface area (Å²) in [5.74, 6) is -0.916. The quantitative estimate of drug-likeness (QED) is 0.896. The first-order chi connectivity index (χ1) is 11.7. The number of rotatable bonds is 2. The molecular formula is C19H24N2O4. The van der Waals surface area contributed by atoms with E-state index in [9.17, 15) is 9.59 Å². The van der Waals surface area contributed by atoms with E-state index in [1.807, 2.05) is 39.1 Å². The molecule has 0 saturated carbocycles. The van der Waals surface area contributed by atoms with Crippen molar-refractivity contribution in [1.82, 2.24) is 9.47 Å². The summed E-state index contributed by atoms with van der Waals surface area (Å²) in [5, 5.41) is 10.0. The number of hydrogen-bond acceptors (Lipinski definition) is 3. The van der Waals surface area contributed by atoms with E-state index < -0.39 is 11.6 Å². The van der Waals surface area contributed by atoms with E-state index in [0.717, 1.165) is 23.7 Å². The molecule has 0 radical (unpaired) electrons. The number of amides is 1. The predicted molar refractivity (Wildman–Crippen MR) is 95.0 cm³/mol. The van der Waals surface area contributed by atoms with Crippen molar-refractivity contribution in [2.75, 3.05) is 13.1 Å². The van der Waals surface area contributed by atoms with Crippen LogP contribution in [0.2, 0.25) is 0 Å². The highest BCUT2D eigenvalue weighted by molar-refractivity contribution is 5.93. The topological polar surface area (TPSA) is 71.8 Å². The lowest BCUT2D eigenvalue weighted by Crippen LogP contribution is -2.42. The Bertz CT molecular complexity index is 795. The van der Waals surface area contributed by atoms with Gasteiger partial charge in [0.1, 0.15) is 5.60 Å². The monoisotopic (exact) mass is 344 g/mol. The number of piperidine rings is 1. The third-order valence-electron chi connectivity index (χ3n) is 4.48. The fourth-order valence-electron chi connectivity index (χ4n) is 3.27. The summed E-state index contributed by atoms with van der Waals surface area (Å²) in [5.41, 5.74) is 0.845. The molecule has 0 atom stereocenters. The molecule has 1 saturated heterocycles. The molecule has 1 aliphatic rings. The number of carbonyl (C=O) groups is 2. The van der Waals surface area contributed by atoms with Gasteiger partial charge in [0.25, 0.3) is 0 Å². The van der Waals surface area contributed by atoms with Crippen LogP contribution in [-0.4, -0.2) is 45.3 Å². The number of hydrogen-bond donors (Lipinski definition) is 1. The molecule has 25 heavy (non-hydrogen) atoms. The van der Waals surface area contributed by atoms with Crippen LogP contribution in [0.15, 0.2) is 30.5 Å². The van der Waals surface area contributed by atoms with Crippen LogP contribution >= 0.6 is 0 Å². The zero-order valence-electron chi connectivity index (χ0n) is 14.9. The fourth-order valence-corrected chi connectivity index (χ4v) is 3.27. The van der Waals surface area contributed by atoms with Crippen molar-refractivity contribution in [3.8, 4) is 0 Å². The Hall–Kier alpha value is -2.50. The average Bonchev–Trinajstić information content (AvgIpc) is 2.96. The molecule has 2 aromatic rings. The van der Waals surface area contributed by atoms with E-state index >= 15 is 0 Å². The minimum absolute atomic E-state index is 0.255. The summed E-state index contributed by atoms with van der Waals surface area (Å²) in [6.07, 6.45) is 3.45. The summed E-state index contributed by atoms with van der Waals surface area (Å²) in [4.78, 5) is 25.0. The Labute approximate surface area is 147 Å². The van der Waals surface area contributed by atoms with Gasteiger partial charge in [-0.3, -0.25) is 0 Å². The van der Waals surface area contributed by atoms with Gasteiger partial charge in [-0.2, -0.15) is 0 Å². The van der Waals surface area contributed by atoms with E-state index in [-0.39, 0.29) is 6.09 Å². The van der Waals surface area contributed by atoms with Crippen LogP contribution in [0.25, 0.3) is 10.9 Å². The van der Waals surface area contributed by atoms with Crippen molar-refractivity contribution in [3.05, 3.63) is 36.0 Å². The fraction of sp³-hybridized carbons (Fsp3) is 0.474. The first-order valence-electron chi connectivity index (χ1n) is 8.56. The van der Waals surface area contributed by atoms with Gasteiger partial charge in [-0.25, -0.2) is 9.59 Å². The molecule has 2 heterocycles.